The Kier molecular flexibility index (Phi) is 4.33. The minimum atomic E-state index is -0.198. The van der Waals surface area contributed by atoms with Gasteiger partial charge in [0.05, 0.1) is 18.3 Å². The maximum Gasteiger partial charge on any atom is 0.123 e. The largest absolute Gasteiger partial charge is 0.383 e. The van der Waals surface area contributed by atoms with Crippen molar-refractivity contribution in [2.45, 2.75) is 38.4 Å². The Labute approximate surface area is 141 Å². The number of methoxy groups -OCH3 is 1. The molecule has 2 aromatic rings. The van der Waals surface area contributed by atoms with Crippen LogP contribution in [0.3, 0.4) is 0 Å². The van der Waals surface area contributed by atoms with Gasteiger partial charge >= 0.3 is 0 Å². The molecule has 4 rings (SSSR count). The predicted molar refractivity (Wildman–Crippen MR) is 87.9 cm³/mol. The van der Waals surface area contributed by atoms with Crippen molar-refractivity contribution in [3.63, 3.8) is 0 Å². The molecule has 1 saturated carbocycles. The summed E-state index contributed by atoms with van der Waals surface area (Å²) < 4.78 is 20.7. The molecule has 1 aromatic heterocycles. The average Bonchev–Trinajstić information content (AvgIpc) is 3.31. The van der Waals surface area contributed by atoms with Crippen LogP contribution in [-0.2, 0) is 24.2 Å². The van der Waals surface area contributed by atoms with Gasteiger partial charge in [-0.3, -0.25) is 4.90 Å². The van der Waals surface area contributed by atoms with E-state index in [1.54, 1.807) is 7.11 Å². The van der Waals surface area contributed by atoms with E-state index in [9.17, 15) is 4.39 Å². The molecule has 1 aliphatic heterocycles. The Hall–Kier alpha value is -1.79. The minimum Gasteiger partial charge on any atom is -0.383 e. The van der Waals surface area contributed by atoms with Gasteiger partial charge in [-0.1, -0.05) is 17.3 Å². The zero-order valence-electron chi connectivity index (χ0n) is 14.0. The summed E-state index contributed by atoms with van der Waals surface area (Å²) in [4.78, 5) is 2.36. The maximum atomic E-state index is 13.1. The van der Waals surface area contributed by atoms with Crippen LogP contribution in [0.1, 0.15) is 35.8 Å². The number of hydrogen-bond acceptors (Lipinski definition) is 4. The van der Waals surface area contributed by atoms with Crippen molar-refractivity contribution in [1.29, 1.82) is 0 Å². The predicted octanol–water partition coefficient (Wildman–Crippen LogP) is 2.57. The molecule has 0 bridgehead atoms. The van der Waals surface area contributed by atoms with Gasteiger partial charge in [0.1, 0.15) is 11.5 Å². The quantitative estimate of drug-likeness (QED) is 0.816. The van der Waals surface area contributed by atoms with Gasteiger partial charge in [0.15, 0.2) is 0 Å². The molecular weight excluding hydrogens is 307 g/mol. The first-order chi connectivity index (χ1) is 11.7. The van der Waals surface area contributed by atoms with E-state index in [-0.39, 0.29) is 11.9 Å². The molecule has 6 heteroatoms. The summed E-state index contributed by atoms with van der Waals surface area (Å²) in [5.41, 5.74) is 3.41. The SMILES string of the molecule is COC[C@@H]1c2nnn(CC3CC3)c2CCN1Cc1ccc(F)cc1. The highest BCUT2D eigenvalue weighted by molar-refractivity contribution is 5.22. The Morgan fingerprint density at radius 1 is 1.25 bits per heavy atom. The third-order valence-electron chi connectivity index (χ3n) is 5.01. The zero-order valence-corrected chi connectivity index (χ0v) is 14.0. The van der Waals surface area contributed by atoms with Gasteiger partial charge in [-0.15, -0.1) is 5.10 Å². The van der Waals surface area contributed by atoms with Crippen LogP contribution in [0.15, 0.2) is 24.3 Å². The van der Waals surface area contributed by atoms with Gasteiger partial charge in [-0.25, -0.2) is 9.07 Å². The Bertz CT molecular complexity index is 696. The molecule has 24 heavy (non-hydrogen) atoms. The van der Waals surface area contributed by atoms with Crippen LogP contribution >= 0.6 is 0 Å². The van der Waals surface area contributed by atoms with E-state index in [2.05, 4.69) is 19.9 Å². The van der Waals surface area contributed by atoms with Crippen LogP contribution in [0.2, 0.25) is 0 Å². The molecule has 0 radical (unpaired) electrons. The normalized spacial score (nSPS) is 21.0. The summed E-state index contributed by atoms with van der Waals surface area (Å²) in [7, 11) is 1.72. The van der Waals surface area contributed by atoms with Crippen molar-refractivity contribution in [1.82, 2.24) is 19.9 Å². The number of nitrogens with zero attached hydrogens (tertiary/aromatic N) is 4. The summed E-state index contributed by atoms with van der Waals surface area (Å²) in [6.07, 6.45) is 3.58. The standard InChI is InChI=1S/C18H23FN4O/c1-24-12-17-18-16(23(21-20-18)11-14-2-3-14)8-9-22(17)10-13-4-6-15(19)7-5-13/h4-7,14,17H,2-3,8-12H2,1H3/t17-/m1/s1. The smallest absolute Gasteiger partial charge is 0.123 e. The monoisotopic (exact) mass is 330 g/mol. The number of ether oxygens (including phenoxy) is 1. The fourth-order valence-electron chi connectivity index (χ4n) is 3.49. The van der Waals surface area contributed by atoms with Crippen molar-refractivity contribution < 1.29 is 9.13 Å². The molecule has 1 aliphatic carbocycles. The lowest BCUT2D eigenvalue weighted by atomic mass is 10.0. The van der Waals surface area contributed by atoms with Gasteiger partial charge < -0.3 is 4.74 Å². The lowest BCUT2D eigenvalue weighted by Crippen LogP contribution is -2.38. The second kappa shape index (κ2) is 6.61. The second-order valence-electron chi connectivity index (χ2n) is 6.86. The molecule has 0 amide bonds. The fourth-order valence-corrected chi connectivity index (χ4v) is 3.49. The minimum absolute atomic E-state index is 0.108. The Balaban J connectivity index is 1.55. The summed E-state index contributed by atoms with van der Waals surface area (Å²) in [6, 6.07) is 6.83. The third kappa shape index (κ3) is 3.21. The van der Waals surface area contributed by atoms with E-state index >= 15 is 0 Å². The number of rotatable bonds is 6. The highest BCUT2D eigenvalue weighted by atomic mass is 19.1. The zero-order chi connectivity index (χ0) is 16.5. The van der Waals surface area contributed by atoms with E-state index in [0.29, 0.717) is 6.61 Å². The van der Waals surface area contributed by atoms with Crippen LogP contribution in [0.4, 0.5) is 4.39 Å². The molecule has 1 fully saturated rings. The molecule has 2 heterocycles. The fraction of sp³-hybridized carbons (Fsp3) is 0.556. The Morgan fingerprint density at radius 2 is 2.04 bits per heavy atom. The number of hydrogen-bond donors (Lipinski definition) is 0. The summed E-state index contributed by atoms with van der Waals surface area (Å²) in [5.74, 6) is 0.588. The number of benzene rings is 1. The summed E-state index contributed by atoms with van der Waals surface area (Å²) in [6.45, 7) is 3.30. The van der Waals surface area contributed by atoms with Crippen LogP contribution in [-0.4, -0.2) is 40.2 Å². The van der Waals surface area contributed by atoms with E-state index in [4.69, 9.17) is 4.74 Å². The highest BCUT2D eigenvalue weighted by Crippen LogP contribution is 2.34. The van der Waals surface area contributed by atoms with Crippen molar-refractivity contribution in [3.05, 3.63) is 47.0 Å². The maximum absolute atomic E-state index is 13.1. The van der Waals surface area contributed by atoms with Gasteiger partial charge in [-0.05, 0) is 36.5 Å². The van der Waals surface area contributed by atoms with Gasteiger partial charge in [0.2, 0.25) is 0 Å². The lowest BCUT2D eigenvalue weighted by molar-refractivity contribution is 0.0749. The highest BCUT2D eigenvalue weighted by Gasteiger charge is 2.33. The third-order valence-corrected chi connectivity index (χ3v) is 5.01. The second-order valence-corrected chi connectivity index (χ2v) is 6.86. The van der Waals surface area contributed by atoms with E-state index in [0.717, 1.165) is 43.2 Å². The van der Waals surface area contributed by atoms with Gasteiger partial charge in [0, 0.05) is 33.2 Å². The molecule has 1 atom stereocenters. The Morgan fingerprint density at radius 3 is 2.75 bits per heavy atom. The van der Waals surface area contributed by atoms with E-state index < -0.39 is 0 Å². The van der Waals surface area contributed by atoms with E-state index in [1.165, 1.54) is 30.7 Å². The first kappa shape index (κ1) is 15.7. The number of aromatic nitrogens is 3. The molecule has 2 aliphatic rings. The topological polar surface area (TPSA) is 43.2 Å². The molecule has 1 aromatic carbocycles. The van der Waals surface area contributed by atoms with Crippen LogP contribution in [0.5, 0.6) is 0 Å². The van der Waals surface area contributed by atoms with Crippen LogP contribution < -0.4 is 0 Å². The average molecular weight is 330 g/mol. The van der Waals surface area contributed by atoms with Crippen molar-refractivity contribution in [2.24, 2.45) is 5.92 Å². The van der Waals surface area contributed by atoms with Crippen molar-refractivity contribution in [2.75, 3.05) is 20.3 Å². The molecule has 128 valence electrons. The molecule has 0 N–H and O–H groups in total. The summed E-state index contributed by atoms with van der Waals surface area (Å²) in [5, 5.41) is 8.87. The molecule has 0 unspecified atom stereocenters. The van der Waals surface area contributed by atoms with Crippen molar-refractivity contribution >= 4 is 0 Å². The molecule has 0 saturated heterocycles. The molecular formula is C18H23FN4O. The number of halogens is 1. The number of fused-ring (bicyclic) bond motifs is 1. The van der Waals surface area contributed by atoms with Gasteiger partial charge in [0.25, 0.3) is 0 Å². The van der Waals surface area contributed by atoms with Gasteiger partial charge in [-0.2, -0.15) is 0 Å². The van der Waals surface area contributed by atoms with E-state index in [1.807, 2.05) is 12.1 Å². The van der Waals surface area contributed by atoms with Crippen LogP contribution in [0, 0.1) is 11.7 Å². The summed E-state index contributed by atoms with van der Waals surface area (Å²) >= 11 is 0. The lowest BCUT2D eigenvalue weighted by Gasteiger charge is -2.34. The first-order valence-electron chi connectivity index (χ1n) is 8.64. The first-order valence-corrected chi connectivity index (χ1v) is 8.64. The van der Waals surface area contributed by atoms with Crippen molar-refractivity contribution in [3.8, 4) is 0 Å². The molecule has 5 nitrogen and oxygen atoms in total. The van der Waals surface area contributed by atoms with Crippen LogP contribution in [0.25, 0.3) is 0 Å². The molecule has 0 spiro atoms.